The number of pyridine rings is 1. The number of alkyl halides is 2. The molecule has 0 amide bonds. The third-order valence-corrected chi connectivity index (χ3v) is 13.4. The predicted octanol–water partition coefficient (Wildman–Crippen LogP) is 5.04. The van der Waals surface area contributed by atoms with E-state index in [1.165, 1.54) is 28.2 Å². The molecule has 8 nitrogen and oxygen atoms in total. The molecule has 4 aromatic rings. The molecule has 1 fully saturated rings. The van der Waals surface area contributed by atoms with E-state index >= 15 is 0 Å². The Morgan fingerprint density at radius 2 is 1.78 bits per heavy atom. The van der Waals surface area contributed by atoms with Crippen LogP contribution in [0.3, 0.4) is 0 Å². The first-order valence-electron chi connectivity index (χ1n) is 16.0. The summed E-state index contributed by atoms with van der Waals surface area (Å²) in [7, 11) is 3.10. The first-order valence-corrected chi connectivity index (χ1v) is 20.6. The first kappa shape index (κ1) is 37.4. The van der Waals surface area contributed by atoms with Crippen LogP contribution in [0.1, 0.15) is 64.0 Å². The van der Waals surface area contributed by atoms with Crippen molar-refractivity contribution in [2.75, 3.05) is 23.1 Å². The maximum absolute atomic E-state index is 13.9. The van der Waals surface area contributed by atoms with Gasteiger partial charge in [-0.25, -0.2) is 0 Å². The van der Waals surface area contributed by atoms with Crippen molar-refractivity contribution in [1.82, 2.24) is 10.3 Å². The topological polar surface area (TPSA) is 96.0 Å². The van der Waals surface area contributed by atoms with E-state index in [2.05, 4.69) is 17.2 Å². The van der Waals surface area contributed by atoms with Gasteiger partial charge in [0.2, 0.25) is 0 Å². The number of hydrogen-bond acceptors (Lipinski definition) is 9. The molecule has 49 heavy (non-hydrogen) atoms. The van der Waals surface area contributed by atoms with Crippen LogP contribution in [0.4, 0.5) is 0 Å². The van der Waals surface area contributed by atoms with Gasteiger partial charge in [-0.15, -0.1) is 0 Å². The van der Waals surface area contributed by atoms with Crippen molar-refractivity contribution in [3.63, 3.8) is 0 Å². The molecule has 3 heterocycles. The van der Waals surface area contributed by atoms with Crippen LogP contribution in [-0.4, -0.2) is 46.1 Å². The number of esters is 2. The molecule has 0 bridgehead atoms. The number of hydrogen-bond donors (Lipinski definition) is 1. The Hall–Kier alpha value is -2.90. The van der Waals surface area contributed by atoms with E-state index in [0.717, 1.165) is 27.7 Å². The van der Waals surface area contributed by atoms with E-state index < -0.39 is 17.6 Å². The average molecular weight is 839 g/mol. The number of nitrogens with zero attached hydrogens (tertiary/aromatic N) is 1. The summed E-state index contributed by atoms with van der Waals surface area (Å²) >= 11 is 14.3. The Morgan fingerprint density at radius 1 is 1.04 bits per heavy atom. The van der Waals surface area contributed by atoms with Crippen molar-refractivity contribution in [2.24, 2.45) is 5.92 Å². The zero-order chi connectivity index (χ0) is 35.0. The fraction of sp³-hybridized carbons (Fsp3) is 0.378. The zero-order valence-corrected chi connectivity index (χ0v) is 32.3. The molecule has 2 aromatic heterocycles. The second-order valence-electron chi connectivity index (χ2n) is 11.8. The summed E-state index contributed by atoms with van der Waals surface area (Å²) in [6.07, 6.45) is 4.56. The normalized spacial score (nSPS) is 18.0. The molecule has 262 valence electrons. The van der Waals surface area contributed by atoms with E-state index in [0.29, 0.717) is 50.0 Å². The zero-order valence-electron chi connectivity index (χ0n) is 27.8. The Labute approximate surface area is 312 Å². The van der Waals surface area contributed by atoms with E-state index in [1.54, 1.807) is 32.4 Å². The Morgan fingerprint density at radius 3 is 2.47 bits per heavy atom. The van der Waals surface area contributed by atoms with Crippen molar-refractivity contribution in [3.8, 4) is 11.5 Å². The molecular weight excluding hydrogens is 798 g/mol. The number of carbonyl (C=O) groups is 2. The number of aromatic nitrogens is 1. The minimum absolute atomic E-state index is 0.0393. The summed E-state index contributed by atoms with van der Waals surface area (Å²) in [5.41, 5.74) is 1.02. The van der Waals surface area contributed by atoms with Crippen molar-refractivity contribution in [2.45, 2.75) is 57.4 Å². The van der Waals surface area contributed by atoms with Gasteiger partial charge < -0.3 is 9.47 Å². The monoisotopic (exact) mass is 837 g/mol. The number of methoxy groups -OCH3 is 2. The third-order valence-electron chi connectivity index (χ3n) is 8.79. The number of thiophene rings is 1. The number of ether oxygens (including phenoxy) is 4. The van der Waals surface area contributed by atoms with Gasteiger partial charge in [-0.05, 0) is 23.3 Å². The molecule has 0 spiro atoms. The molecule has 0 radical (unpaired) electrons. The number of benzene rings is 2. The quantitative estimate of drug-likeness (QED) is 0.107. The van der Waals surface area contributed by atoms with E-state index in [-0.39, 0.29) is 39.7 Å². The molecule has 1 aliphatic heterocycles. The van der Waals surface area contributed by atoms with Gasteiger partial charge in [0.1, 0.15) is 6.10 Å². The van der Waals surface area contributed by atoms with Crippen molar-refractivity contribution < 1.29 is 49.7 Å². The van der Waals surface area contributed by atoms with Crippen LogP contribution in [0.2, 0.25) is 10.0 Å². The van der Waals surface area contributed by atoms with Gasteiger partial charge in [-0.2, -0.15) is 0 Å². The molecule has 12 heteroatoms. The molecule has 1 aliphatic rings. The summed E-state index contributed by atoms with van der Waals surface area (Å²) in [5, 5.41) is 4.21. The van der Waals surface area contributed by atoms with Crippen LogP contribution in [0.25, 0.3) is 0 Å². The molecule has 0 saturated carbocycles. The second-order valence-corrected chi connectivity index (χ2v) is 16.9. The van der Waals surface area contributed by atoms with Gasteiger partial charge in [0, 0.05) is 18.8 Å². The first-order chi connectivity index (χ1) is 23.7. The van der Waals surface area contributed by atoms with Gasteiger partial charge in [0.25, 0.3) is 0 Å². The van der Waals surface area contributed by atoms with Crippen LogP contribution in [0, 0.1) is 5.92 Å². The molecule has 4 atom stereocenters. The summed E-state index contributed by atoms with van der Waals surface area (Å²) in [6, 6.07) is 18.6. The van der Waals surface area contributed by atoms with Crippen LogP contribution >= 0.6 is 34.5 Å². The average Bonchev–Trinajstić information content (AvgIpc) is 3.61. The van der Waals surface area contributed by atoms with E-state index in [4.69, 9.17) is 42.1 Å². The van der Waals surface area contributed by atoms with Crippen molar-refractivity contribution in [3.05, 3.63) is 110 Å². The third kappa shape index (κ3) is 9.07. The van der Waals surface area contributed by atoms with E-state index in [9.17, 15) is 9.59 Å². The minimum atomic E-state index is -1.08. The van der Waals surface area contributed by atoms with Gasteiger partial charge in [-0.1, -0.05) is 29.3 Å². The Balaban J connectivity index is 1.34. The van der Waals surface area contributed by atoms with Gasteiger partial charge >= 0.3 is 186 Å². The molecule has 1 N–H and O–H groups in total. The SMILES string of the molecule is CCC1CC[I-]C[C@@H]1OC(=O)C(C)(NCc1ccc(C(=O)O[C@@H](Cc2c(Cl)cncc2Cl)c2ccc(OC)c(OC)c2)s1)c1ccccc1. The van der Waals surface area contributed by atoms with Crippen LogP contribution in [0.5, 0.6) is 11.5 Å². The summed E-state index contributed by atoms with van der Waals surface area (Å²) in [4.78, 5) is 32.9. The molecular formula is C37H40Cl2IN2O6S-. The fourth-order valence-electron chi connectivity index (χ4n) is 5.76. The van der Waals surface area contributed by atoms with Gasteiger partial charge in [0.05, 0.1) is 24.3 Å². The number of halogens is 3. The van der Waals surface area contributed by atoms with Gasteiger partial charge in [-0.3, -0.25) is 4.98 Å². The van der Waals surface area contributed by atoms with E-state index in [1.807, 2.05) is 49.4 Å². The molecule has 1 saturated heterocycles. The molecule has 0 aliphatic carbocycles. The summed E-state index contributed by atoms with van der Waals surface area (Å²) < 4.78 is 25.6. The van der Waals surface area contributed by atoms with Crippen molar-refractivity contribution >= 4 is 46.5 Å². The predicted molar refractivity (Wildman–Crippen MR) is 189 cm³/mol. The number of rotatable bonds is 14. The standard InChI is InChI=1S/C37H40Cl2IN2O6S/c1-5-23-15-16-40-19-33(23)48-36(44)37(2,25-9-7-6-8-10-25)42-20-26-12-14-34(49-26)35(43)47-31(18-27-28(38)21-41-22-29(27)39)24-11-13-30(45-3)32(17-24)46-4/h6-14,17,21-23,31,33,42H,5,15-16,18-20H2,1-4H3/q-1/t23?,31-,33-,37?/m0/s1. The van der Waals surface area contributed by atoms with Crippen molar-refractivity contribution in [1.29, 1.82) is 0 Å². The van der Waals surface area contributed by atoms with Gasteiger partial charge in [0.15, 0.2) is 11.5 Å². The van der Waals surface area contributed by atoms with Crippen LogP contribution in [-0.2, 0) is 32.8 Å². The number of nitrogens with one attached hydrogen (secondary N) is 1. The number of carbonyl (C=O) groups excluding carboxylic acids is 2. The summed E-state index contributed by atoms with van der Waals surface area (Å²) in [5.74, 6) is 0.650. The molecule has 5 rings (SSSR count). The van der Waals surface area contributed by atoms with Crippen LogP contribution in [0.15, 0.2) is 73.1 Å². The Kier molecular flexibility index (Phi) is 13.2. The fourth-order valence-corrected chi connectivity index (χ4v) is 10.3. The molecule has 2 unspecified atom stereocenters. The maximum atomic E-state index is 13.9. The second kappa shape index (κ2) is 17.4. The summed E-state index contributed by atoms with van der Waals surface area (Å²) in [6.45, 7) is 4.38. The molecule has 2 aromatic carbocycles. The van der Waals surface area contributed by atoms with Crippen LogP contribution < -0.4 is 36.0 Å². The Bertz CT molecular complexity index is 1720.